The predicted octanol–water partition coefficient (Wildman–Crippen LogP) is 5.33. The van der Waals surface area contributed by atoms with Gasteiger partial charge in [0.1, 0.15) is 0 Å². The molecule has 1 nitrogen and oxygen atoms in total. The maximum atomic E-state index is 3.62. The maximum absolute atomic E-state index is 3.62. The van der Waals surface area contributed by atoms with Crippen LogP contribution in [0.25, 0.3) is 0 Å². The van der Waals surface area contributed by atoms with Gasteiger partial charge in [-0.25, -0.2) is 0 Å². The zero-order valence-electron chi connectivity index (χ0n) is 12.5. The monoisotopic (exact) mass is 351 g/mol. The van der Waals surface area contributed by atoms with E-state index in [9.17, 15) is 0 Å². The quantitative estimate of drug-likeness (QED) is 0.767. The number of nitrogens with one attached hydrogen (secondary N) is 1. The van der Waals surface area contributed by atoms with Gasteiger partial charge in [0, 0.05) is 4.88 Å². The number of thiophene rings is 1. The van der Waals surface area contributed by atoms with Crippen molar-refractivity contribution in [1.29, 1.82) is 0 Å². The number of hydrogen-bond acceptors (Lipinski definition) is 2. The fourth-order valence-electron chi connectivity index (χ4n) is 2.47. The van der Waals surface area contributed by atoms with Crippen LogP contribution in [0, 0.1) is 12.8 Å². The van der Waals surface area contributed by atoms with Crippen LogP contribution < -0.4 is 5.32 Å². The Labute approximate surface area is 134 Å². The van der Waals surface area contributed by atoms with E-state index in [-0.39, 0.29) is 6.04 Å². The molecule has 2 rings (SSSR count). The van der Waals surface area contributed by atoms with Gasteiger partial charge in [-0.2, -0.15) is 0 Å². The summed E-state index contributed by atoms with van der Waals surface area (Å²) < 4.78 is 1.23. The minimum atomic E-state index is 0.275. The third-order valence-corrected chi connectivity index (χ3v) is 5.58. The van der Waals surface area contributed by atoms with E-state index in [0.717, 1.165) is 6.42 Å². The first-order chi connectivity index (χ1) is 9.51. The fraction of sp³-hybridized carbons (Fsp3) is 0.412. The van der Waals surface area contributed by atoms with Crippen molar-refractivity contribution in [3.05, 3.63) is 55.7 Å². The van der Waals surface area contributed by atoms with Crippen LogP contribution in [0.15, 0.2) is 34.1 Å². The molecule has 1 atom stereocenters. The number of halogens is 1. The molecular formula is C17H22BrNS. The summed E-state index contributed by atoms with van der Waals surface area (Å²) in [6, 6.07) is 11.5. The molecule has 0 bridgehead atoms. The molecule has 20 heavy (non-hydrogen) atoms. The molecule has 1 N–H and O–H groups in total. The Kier molecular flexibility index (Phi) is 5.42. The molecule has 1 heterocycles. The molecule has 1 aromatic carbocycles. The lowest BCUT2D eigenvalue weighted by molar-refractivity contribution is 0.644. The van der Waals surface area contributed by atoms with E-state index in [0.29, 0.717) is 5.92 Å². The van der Waals surface area contributed by atoms with E-state index in [2.05, 4.69) is 72.3 Å². The van der Waals surface area contributed by atoms with E-state index in [1.807, 2.05) is 18.4 Å². The highest BCUT2D eigenvalue weighted by atomic mass is 79.9. The van der Waals surface area contributed by atoms with Crippen molar-refractivity contribution in [2.45, 2.75) is 33.2 Å². The van der Waals surface area contributed by atoms with E-state index in [1.165, 1.54) is 25.4 Å². The first kappa shape index (κ1) is 15.7. The molecule has 0 saturated heterocycles. The Hall–Kier alpha value is -0.640. The highest BCUT2D eigenvalue weighted by molar-refractivity contribution is 9.11. The van der Waals surface area contributed by atoms with Crippen LogP contribution in [0.4, 0.5) is 0 Å². The van der Waals surface area contributed by atoms with Crippen LogP contribution in [0.3, 0.4) is 0 Å². The SMILES string of the molecule is CNC(c1cccc(CC(C)C)c1)c1cc(C)c(Br)s1. The Bertz CT molecular complexity index is 555. The summed E-state index contributed by atoms with van der Waals surface area (Å²) in [5.41, 5.74) is 4.08. The lowest BCUT2D eigenvalue weighted by Gasteiger charge is -2.16. The van der Waals surface area contributed by atoms with Crippen molar-refractivity contribution in [1.82, 2.24) is 5.32 Å². The molecule has 0 fully saturated rings. The second kappa shape index (κ2) is 6.88. The summed E-state index contributed by atoms with van der Waals surface area (Å²) in [6.07, 6.45) is 1.14. The molecule has 108 valence electrons. The predicted molar refractivity (Wildman–Crippen MR) is 92.6 cm³/mol. The summed E-state index contributed by atoms with van der Waals surface area (Å²) in [5, 5.41) is 3.45. The normalized spacial score (nSPS) is 12.9. The molecule has 1 aromatic heterocycles. The highest BCUT2D eigenvalue weighted by Gasteiger charge is 2.16. The molecule has 1 unspecified atom stereocenters. The zero-order valence-corrected chi connectivity index (χ0v) is 14.9. The van der Waals surface area contributed by atoms with Crippen LogP contribution in [0.5, 0.6) is 0 Å². The minimum absolute atomic E-state index is 0.275. The Morgan fingerprint density at radius 1 is 1.25 bits per heavy atom. The largest absolute Gasteiger partial charge is 0.309 e. The number of benzene rings is 1. The van der Waals surface area contributed by atoms with Crippen molar-refractivity contribution in [3.63, 3.8) is 0 Å². The molecule has 0 amide bonds. The Morgan fingerprint density at radius 2 is 2.00 bits per heavy atom. The molecular weight excluding hydrogens is 330 g/mol. The fourth-order valence-corrected chi connectivity index (χ4v) is 4.18. The van der Waals surface area contributed by atoms with E-state index >= 15 is 0 Å². The second-order valence-electron chi connectivity index (χ2n) is 5.67. The van der Waals surface area contributed by atoms with Crippen molar-refractivity contribution in [3.8, 4) is 0 Å². The van der Waals surface area contributed by atoms with Crippen LogP contribution in [0.1, 0.15) is 41.5 Å². The summed E-state index contributed by atoms with van der Waals surface area (Å²) in [4.78, 5) is 1.36. The van der Waals surface area contributed by atoms with Crippen LogP contribution in [0.2, 0.25) is 0 Å². The van der Waals surface area contributed by atoms with E-state index in [1.54, 1.807) is 0 Å². The lowest BCUT2D eigenvalue weighted by atomic mass is 9.97. The summed E-state index contributed by atoms with van der Waals surface area (Å²) in [5.74, 6) is 0.691. The highest BCUT2D eigenvalue weighted by Crippen LogP contribution is 2.34. The van der Waals surface area contributed by atoms with Gasteiger partial charge in [0.2, 0.25) is 0 Å². The van der Waals surface area contributed by atoms with Gasteiger partial charge in [-0.1, -0.05) is 38.1 Å². The summed E-state index contributed by atoms with van der Waals surface area (Å²) in [6.45, 7) is 6.68. The lowest BCUT2D eigenvalue weighted by Crippen LogP contribution is -2.16. The van der Waals surface area contributed by atoms with Gasteiger partial charge >= 0.3 is 0 Å². The molecule has 0 saturated carbocycles. The Morgan fingerprint density at radius 3 is 2.55 bits per heavy atom. The summed E-state index contributed by atoms with van der Waals surface area (Å²) in [7, 11) is 2.03. The van der Waals surface area contributed by atoms with Gasteiger partial charge in [0.15, 0.2) is 0 Å². The van der Waals surface area contributed by atoms with Crippen molar-refractivity contribution >= 4 is 27.3 Å². The molecule has 0 aliphatic heterocycles. The molecule has 0 aliphatic carbocycles. The first-order valence-electron chi connectivity index (χ1n) is 7.03. The van der Waals surface area contributed by atoms with Crippen molar-refractivity contribution < 1.29 is 0 Å². The summed E-state index contributed by atoms with van der Waals surface area (Å²) >= 11 is 5.44. The van der Waals surface area contributed by atoms with E-state index in [4.69, 9.17) is 0 Å². The van der Waals surface area contributed by atoms with Crippen LogP contribution in [-0.2, 0) is 6.42 Å². The van der Waals surface area contributed by atoms with Gasteiger partial charge in [0.05, 0.1) is 9.83 Å². The van der Waals surface area contributed by atoms with E-state index < -0.39 is 0 Å². The average molecular weight is 352 g/mol. The number of aryl methyl sites for hydroxylation is 1. The first-order valence-corrected chi connectivity index (χ1v) is 8.64. The third kappa shape index (κ3) is 3.72. The van der Waals surface area contributed by atoms with Crippen LogP contribution >= 0.6 is 27.3 Å². The third-order valence-electron chi connectivity index (χ3n) is 3.38. The zero-order chi connectivity index (χ0) is 14.7. The second-order valence-corrected chi connectivity index (χ2v) is 8.07. The van der Waals surface area contributed by atoms with Crippen molar-refractivity contribution in [2.24, 2.45) is 5.92 Å². The number of rotatable bonds is 5. The number of hydrogen-bond donors (Lipinski definition) is 1. The van der Waals surface area contributed by atoms with Gasteiger partial charge < -0.3 is 5.32 Å². The van der Waals surface area contributed by atoms with Gasteiger partial charge in [-0.15, -0.1) is 11.3 Å². The minimum Gasteiger partial charge on any atom is -0.309 e. The molecule has 0 radical (unpaired) electrons. The molecule has 0 spiro atoms. The van der Waals surface area contributed by atoms with Crippen LogP contribution in [-0.4, -0.2) is 7.05 Å². The van der Waals surface area contributed by atoms with Gasteiger partial charge in [-0.05, 0) is 65.0 Å². The van der Waals surface area contributed by atoms with Gasteiger partial charge in [-0.3, -0.25) is 0 Å². The molecule has 2 aromatic rings. The molecule has 0 aliphatic rings. The topological polar surface area (TPSA) is 12.0 Å². The standard InChI is InChI=1S/C17H22BrNS/c1-11(2)8-13-6-5-7-14(10-13)16(19-4)15-9-12(3)17(18)20-15/h5-7,9-11,16,19H,8H2,1-4H3. The smallest absolute Gasteiger partial charge is 0.0731 e. The van der Waals surface area contributed by atoms with Crippen molar-refractivity contribution in [2.75, 3.05) is 7.05 Å². The average Bonchev–Trinajstić information content (AvgIpc) is 2.70. The molecule has 3 heteroatoms. The maximum Gasteiger partial charge on any atom is 0.0731 e. The van der Waals surface area contributed by atoms with Gasteiger partial charge in [0.25, 0.3) is 0 Å². The Balaban J connectivity index is 2.31.